The molecule has 0 amide bonds. The summed E-state index contributed by atoms with van der Waals surface area (Å²) in [6, 6.07) is 5.80. The molecule has 0 aromatic heterocycles. The molecule has 1 aliphatic carbocycles. The monoisotopic (exact) mass is 242 g/mol. The van der Waals surface area contributed by atoms with Gasteiger partial charge in [-0.1, -0.05) is 15.9 Å². The van der Waals surface area contributed by atoms with Gasteiger partial charge in [-0.05, 0) is 31.0 Å². The van der Waals surface area contributed by atoms with E-state index in [1.165, 1.54) is 12.8 Å². The number of rotatable bonds is 3. The highest BCUT2D eigenvalue weighted by Crippen LogP contribution is 2.35. The van der Waals surface area contributed by atoms with Crippen molar-refractivity contribution < 1.29 is 9.47 Å². The van der Waals surface area contributed by atoms with E-state index in [1.807, 2.05) is 18.2 Å². The third-order valence-corrected chi connectivity index (χ3v) is 2.44. The zero-order valence-corrected chi connectivity index (χ0v) is 9.00. The average Bonchev–Trinajstić information content (AvgIpc) is 2.92. The molecule has 0 atom stereocenters. The van der Waals surface area contributed by atoms with Crippen LogP contribution in [0.4, 0.5) is 0 Å². The van der Waals surface area contributed by atoms with Gasteiger partial charge >= 0.3 is 0 Å². The second-order valence-corrected chi connectivity index (χ2v) is 4.03. The third kappa shape index (κ3) is 2.15. The van der Waals surface area contributed by atoms with Crippen molar-refractivity contribution in [3.05, 3.63) is 22.7 Å². The van der Waals surface area contributed by atoms with Crippen molar-refractivity contribution in [2.45, 2.75) is 18.9 Å². The van der Waals surface area contributed by atoms with Gasteiger partial charge in [0.25, 0.3) is 0 Å². The van der Waals surface area contributed by atoms with Crippen LogP contribution in [0.15, 0.2) is 22.7 Å². The molecular weight excluding hydrogens is 232 g/mol. The summed E-state index contributed by atoms with van der Waals surface area (Å²) in [6.07, 6.45) is 2.74. The number of ether oxygens (including phenoxy) is 2. The first kappa shape index (κ1) is 8.88. The van der Waals surface area contributed by atoms with Crippen LogP contribution in [-0.4, -0.2) is 13.2 Å². The van der Waals surface area contributed by atoms with E-state index in [9.17, 15) is 0 Å². The lowest BCUT2D eigenvalue weighted by atomic mass is 10.3. The van der Waals surface area contributed by atoms with E-state index >= 15 is 0 Å². The predicted molar refractivity (Wildman–Crippen MR) is 54.3 cm³/mol. The van der Waals surface area contributed by atoms with Crippen LogP contribution in [-0.2, 0) is 0 Å². The first-order chi connectivity index (χ1) is 6.29. The summed E-state index contributed by atoms with van der Waals surface area (Å²) in [6.45, 7) is 0. The van der Waals surface area contributed by atoms with Crippen LogP contribution in [0, 0.1) is 0 Å². The topological polar surface area (TPSA) is 18.5 Å². The average molecular weight is 243 g/mol. The summed E-state index contributed by atoms with van der Waals surface area (Å²) >= 11 is 3.38. The molecule has 70 valence electrons. The molecular formula is C10H11BrO2. The first-order valence-electron chi connectivity index (χ1n) is 4.30. The highest BCUT2D eigenvalue weighted by molar-refractivity contribution is 9.10. The first-order valence-corrected chi connectivity index (χ1v) is 5.09. The normalized spacial score (nSPS) is 15.5. The largest absolute Gasteiger partial charge is 0.493 e. The minimum atomic E-state index is 0.412. The van der Waals surface area contributed by atoms with E-state index in [1.54, 1.807) is 7.11 Å². The Morgan fingerprint density at radius 3 is 2.69 bits per heavy atom. The van der Waals surface area contributed by atoms with Crippen molar-refractivity contribution in [2.24, 2.45) is 0 Å². The van der Waals surface area contributed by atoms with Gasteiger partial charge in [-0.2, -0.15) is 0 Å². The molecule has 1 aromatic carbocycles. The van der Waals surface area contributed by atoms with Gasteiger partial charge < -0.3 is 9.47 Å². The van der Waals surface area contributed by atoms with Crippen LogP contribution >= 0.6 is 15.9 Å². The van der Waals surface area contributed by atoms with E-state index in [4.69, 9.17) is 9.47 Å². The Balaban J connectivity index is 2.21. The van der Waals surface area contributed by atoms with E-state index in [2.05, 4.69) is 15.9 Å². The van der Waals surface area contributed by atoms with Gasteiger partial charge in [0, 0.05) is 4.47 Å². The summed E-state index contributed by atoms with van der Waals surface area (Å²) in [5, 5.41) is 0. The smallest absolute Gasteiger partial charge is 0.161 e. The van der Waals surface area contributed by atoms with E-state index in [0.717, 1.165) is 16.0 Å². The number of methoxy groups -OCH3 is 1. The van der Waals surface area contributed by atoms with Crippen LogP contribution < -0.4 is 9.47 Å². The molecule has 0 unspecified atom stereocenters. The molecule has 1 saturated carbocycles. The maximum absolute atomic E-state index is 5.66. The van der Waals surface area contributed by atoms with Crippen molar-refractivity contribution in [2.75, 3.05) is 7.11 Å². The zero-order valence-electron chi connectivity index (χ0n) is 7.42. The van der Waals surface area contributed by atoms with Crippen molar-refractivity contribution in [1.82, 2.24) is 0 Å². The van der Waals surface area contributed by atoms with Gasteiger partial charge in [0.1, 0.15) is 0 Å². The van der Waals surface area contributed by atoms with Crippen molar-refractivity contribution in [1.29, 1.82) is 0 Å². The molecule has 3 heteroatoms. The summed E-state index contributed by atoms with van der Waals surface area (Å²) in [7, 11) is 1.65. The van der Waals surface area contributed by atoms with E-state index in [0.29, 0.717) is 6.10 Å². The highest BCUT2D eigenvalue weighted by atomic mass is 79.9. The molecule has 0 aliphatic heterocycles. The summed E-state index contributed by atoms with van der Waals surface area (Å²) in [4.78, 5) is 0. The number of halogens is 1. The molecule has 13 heavy (non-hydrogen) atoms. The fourth-order valence-corrected chi connectivity index (χ4v) is 1.44. The fourth-order valence-electron chi connectivity index (χ4n) is 1.10. The quantitative estimate of drug-likeness (QED) is 0.812. The van der Waals surface area contributed by atoms with Gasteiger partial charge in [-0.15, -0.1) is 0 Å². The highest BCUT2D eigenvalue weighted by Gasteiger charge is 2.24. The molecule has 0 N–H and O–H groups in total. The Morgan fingerprint density at radius 2 is 2.08 bits per heavy atom. The predicted octanol–water partition coefficient (Wildman–Crippen LogP) is 3.00. The molecule has 0 saturated heterocycles. The Bertz CT molecular complexity index is 308. The maximum Gasteiger partial charge on any atom is 0.161 e. The lowest BCUT2D eigenvalue weighted by Crippen LogP contribution is -1.98. The van der Waals surface area contributed by atoms with Gasteiger partial charge in [-0.25, -0.2) is 0 Å². The van der Waals surface area contributed by atoms with Crippen molar-refractivity contribution in [3.8, 4) is 11.5 Å². The van der Waals surface area contributed by atoms with Gasteiger partial charge in [0.15, 0.2) is 11.5 Å². The minimum Gasteiger partial charge on any atom is -0.493 e. The molecule has 0 spiro atoms. The Kier molecular flexibility index (Phi) is 2.44. The number of hydrogen-bond donors (Lipinski definition) is 0. The summed E-state index contributed by atoms with van der Waals surface area (Å²) in [5.74, 6) is 1.63. The molecule has 1 aliphatic rings. The second kappa shape index (κ2) is 3.58. The fraction of sp³-hybridized carbons (Fsp3) is 0.400. The molecule has 2 rings (SSSR count). The van der Waals surface area contributed by atoms with Crippen LogP contribution in [0.1, 0.15) is 12.8 Å². The zero-order chi connectivity index (χ0) is 9.26. The van der Waals surface area contributed by atoms with Crippen LogP contribution in [0.2, 0.25) is 0 Å². The second-order valence-electron chi connectivity index (χ2n) is 3.11. The molecule has 1 aromatic rings. The molecule has 0 heterocycles. The van der Waals surface area contributed by atoms with Crippen molar-refractivity contribution in [3.63, 3.8) is 0 Å². The summed E-state index contributed by atoms with van der Waals surface area (Å²) in [5.41, 5.74) is 0. The maximum atomic E-state index is 5.66. The standard InChI is InChI=1S/C10H11BrO2/c1-12-10-6-7(11)2-5-9(10)13-8-3-4-8/h2,5-6,8H,3-4H2,1H3. The Labute approximate surface area is 86.0 Å². The van der Waals surface area contributed by atoms with Crippen LogP contribution in [0.5, 0.6) is 11.5 Å². The Hall–Kier alpha value is -0.700. The van der Waals surface area contributed by atoms with Gasteiger partial charge in [0.05, 0.1) is 13.2 Å². The minimum absolute atomic E-state index is 0.412. The molecule has 1 fully saturated rings. The van der Waals surface area contributed by atoms with Gasteiger partial charge in [0.2, 0.25) is 0 Å². The van der Waals surface area contributed by atoms with E-state index < -0.39 is 0 Å². The summed E-state index contributed by atoms with van der Waals surface area (Å²) < 4.78 is 11.9. The van der Waals surface area contributed by atoms with Crippen molar-refractivity contribution >= 4 is 15.9 Å². The van der Waals surface area contributed by atoms with Crippen LogP contribution in [0.3, 0.4) is 0 Å². The van der Waals surface area contributed by atoms with E-state index in [-0.39, 0.29) is 0 Å². The number of benzene rings is 1. The van der Waals surface area contributed by atoms with Crippen LogP contribution in [0.25, 0.3) is 0 Å². The third-order valence-electron chi connectivity index (χ3n) is 1.94. The molecule has 0 radical (unpaired) electrons. The molecule has 0 bridgehead atoms. The number of hydrogen-bond acceptors (Lipinski definition) is 2. The van der Waals surface area contributed by atoms with Gasteiger partial charge in [-0.3, -0.25) is 0 Å². The SMILES string of the molecule is COc1cc(Br)ccc1OC1CC1. The molecule has 2 nitrogen and oxygen atoms in total. The lowest BCUT2D eigenvalue weighted by Gasteiger charge is -2.09. The lowest BCUT2D eigenvalue weighted by molar-refractivity contribution is 0.282. The Morgan fingerprint density at radius 1 is 1.31 bits per heavy atom.